The van der Waals surface area contributed by atoms with Crippen molar-refractivity contribution in [2.45, 2.75) is 6.42 Å². The Bertz CT molecular complexity index is 1160. The molecule has 1 fully saturated rings. The van der Waals surface area contributed by atoms with Crippen molar-refractivity contribution in [1.82, 2.24) is 0 Å². The van der Waals surface area contributed by atoms with Gasteiger partial charge in [0.05, 0.1) is 10.9 Å². The molecular weight excluding hydrogens is 433 g/mol. The fourth-order valence-corrected chi connectivity index (χ4v) is 3.76. The molecule has 0 aromatic heterocycles. The smallest absolute Gasteiger partial charge is 0.311 e. The van der Waals surface area contributed by atoms with Crippen molar-refractivity contribution in [2.75, 3.05) is 18.1 Å². The van der Waals surface area contributed by atoms with E-state index in [2.05, 4.69) is 0 Å². The number of amides is 1. The molecule has 0 N–H and O–H groups in total. The van der Waals surface area contributed by atoms with Crippen LogP contribution in [0.5, 0.6) is 0 Å². The van der Waals surface area contributed by atoms with Crippen molar-refractivity contribution in [3.8, 4) is 11.1 Å². The minimum absolute atomic E-state index is 0.0478. The minimum Gasteiger partial charge on any atom is -0.457 e. The number of esters is 1. The second-order valence-electron chi connectivity index (χ2n) is 7.48. The zero-order valence-corrected chi connectivity index (χ0v) is 17.7. The lowest BCUT2D eigenvalue weighted by Crippen LogP contribution is -2.27. The molecule has 1 amide bonds. The molecule has 4 rings (SSSR count). The van der Waals surface area contributed by atoms with Gasteiger partial charge in [0.2, 0.25) is 5.91 Å². The number of hydrogen-bond donors (Lipinski definition) is 0. The lowest BCUT2D eigenvalue weighted by Gasteiger charge is -2.17. The molecule has 1 atom stereocenters. The van der Waals surface area contributed by atoms with Crippen LogP contribution in [0, 0.1) is 11.7 Å². The summed E-state index contributed by atoms with van der Waals surface area (Å²) in [5.74, 6) is -2.54. The van der Waals surface area contributed by atoms with E-state index < -0.39 is 24.3 Å². The van der Waals surface area contributed by atoms with Gasteiger partial charge in [-0.05, 0) is 29.3 Å². The number of carbonyl (C=O) groups is 3. The monoisotopic (exact) mass is 451 g/mol. The molecule has 1 aliphatic rings. The highest BCUT2D eigenvalue weighted by Gasteiger charge is 2.36. The Hall–Kier alpha value is -3.51. The first kappa shape index (κ1) is 21.7. The Kier molecular flexibility index (Phi) is 6.32. The maximum atomic E-state index is 13.4. The van der Waals surface area contributed by atoms with Crippen molar-refractivity contribution in [3.63, 3.8) is 0 Å². The highest BCUT2D eigenvalue weighted by Crippen LogP contribution is 2.29. The van der Waals surface area contributed by atoms with Crippen LogP contribution in [-0.2, 0) is 14.3 Å². The zero-order valence-electron chi connectivity index (χ0n) is 17.0. The molecule has 1 aliphatic heterocycles. The molecule has 0 aliphatic carbocycles. The van der Waals surface area contributed by atoms with Crippen molar-refractivity contribution < 1.29 is 23.5 Å². The molecule has 5 nitrogen and oxygen atoms in total. The molecule has 3 aromatic rings. The highest BCUT2D eigenvalue weighted by atomic mass is 35.5. The van der Waals surface area contributed by atoms with E-state index in [0.717, 1.165) is 11.1 Å². The number of anilines is 1. The normalized spacial score (nSPS) is 15.6. The summed E-state index contributed by atoms with van der Waals surface area (Å²) in [5, 5.41) is -0.106. The lowest BCUT2D eigenvalue weighted by molar-refractivity contribution is -0.147. The highest BCUT2D eigenvalue weighted by molar-refractivity contribution is 6.31. The molecule has 1 heterocycles. The van der Waals surface area contributed by atoms with Crippen LogP contribution in [-0.4, -0.2) is 30.8 Å². The second-order valence-corrected chi connectivity index (χ2v) is 7.89. The summed E-state index contributed by atoms with van der Waals surface area (Å²) in [4.78, 5) is 38.5. The lowest BCUT2D eigenvalue weighted by atomic mass is 10.0. The van der Waals surface area contributed by atoms with Gasteiger partial charge in [-0.1, -0.05) is 66.2 Å². The van der Waals surface area contributed by atoms with Gasteiger partial charge in [0.15, 0.2) is 12.4 Å². The van der Waals surface area contributed by atoms with Crippen LogP contribution in [0.3, 0.4) is 0 Å². The molecule has 3 aromatic carbocycles. The minimum atomic E-state index is -0.709. The number of benzene rings is 3. The van der Waals surface area contributed by atoms with Crippen LogP contribution in [0.2, 0.25) is 5.02 Å². The molecule has 0 saturated carbocycles. The maximum absolute atomic E-state index is 13.4. The van der Waals surface area contributed by atoms with E-state index in [1.807, 2.05) is 42.5 Å². The summed E-state index contributed by atoms with van der Waals surface area (Å²) in [6.45, 7) is -0.323. The Balaban J connectivity index is 1.34. The molecule has 0 unspecified atom stereocenters. The summed E-state index contributed by atoms with van der Waals surface area (Å²) >= 11 is 5.78. The van der Waals surface area contributed by atoms with E-state index in [1.165, 1.54) is 23.1 Å². The molecule has 1 saturated heterocycles. The molecule has 162 valence electrons. The summed E-state index contributed by atoms with van der Waals surface area (Å²) in [6, 6.07) is 20.8. The molecule has 32 heavy (non-hydrogen) atoms. The molecule has 7 heteroatoms. The number of halogens is 2. The van der Waals surface area contributed by atoms with Crippen molar-refractivity contribution in [1.29, 1.82) is 0 Å². The second kappa shape index (κ2) is 9.32. The third-order valence-electron chi connectivity index (χ3n) is 5.33. The number of Topliss-reactive ketones (excluding diaryl/α,β-unsaturated/α-hetero) is 1. The number of hydrogen-bond acceptors (Lipinski definition) is 4. The zero-order chi connectivity index (χ0) is 22.7. The third kappa shape index (κ3) is 4.70. The van der Waals surface area contributed by atoms with Crippen molar-refractivity contribution >= 4 is 34.9 Å². The van der Waals surface area contributed by atoms with Gasteiger partial charge in [-0.2, -0.15) is 0 Å². The van der Waals surface area contributed by atoms with Crippen molar-refractivity contribution in [2.24, 2.45) is 5.92 Å². The number of nitrogens with zero attached hydrogens (tertiary/aromatic N) is 1. The molecular formula is C25H19ClFNO4. The molecule has 0 spiro atoms. The predicted octanol–water partition coefficient (Wildman–Crippen LogP) is 4.93. The van der Waals surface area contributed by atoms with Crippen LogP contribution in [0.25, 0.3) is 11.1 Å². The first-order valence-corrected chi connectivity index (χ1v) is 10.4. The van der Waals surface area contributed by atoms with Crippen LogP contribution in [0.15, 0.2) is 72.8 Å². The van der Waals surface area contributed by atoms with Gasteiger partial charge in [0.25, 0.3) is 0 Å². The summed E-state index contributed by atoms with van der Waals surface area (Å²) in [6.07, 6.45) is -0.0478. The first-order valence-electron chi connectivity index (χ1n) is 10.0. The van der Waals surface area contributed by atoms with E-state index in [0.29, 0.717) is 11.3 Å². The predicted molar refractivity (Wildman–Crippen MR) is 119 cm³/mol. The van der Waals surface area contributed by atoms with Crippen molar-refractivity contribution in [3.05, 3.63) is 89.2 Å². The van der Waals surface area contributed by atoms with Gasteiger partial charge in [-0.15, -0.1) is 0 Å². The maximum Gasteiger partial charge on any atom is 0.311 e. The van der Waals surface area contributed by atoms with Crippen LogP contribution in [0.1, 0.15) is 16.8 Å². The van der Waals surface area contributed by atoms with E-state index in [-0.39, 0.29) is 29.7 Å². The van der Waals surface area contributed by atoms with Gasteiger partial charge in [-0.25, -0.2) is 4.39 Å². The largest absolute Gasteiger partial charge is 0.457 e. The summed E-state index contributed by atoms with van der Waals surface area (Å²) in [5.41, 5.74) is 2.86. The fraction of sp³-hybridized carbons (Fsp3) is 0.160. The quantitative estimate of drug-likeness (QED) is 0.394. The van der Waals surface area contributed by atoms with E-state index >= 15 is 0 Å². The Morgan fingerprint density at radius 1 is 1.00 bits per heavy atom. The Morgan fingerprint density at radius 2 is 1.69 bits per heavy atom. The van der Waals surface area contributed by atoms with Gasteiger partial charge in [0, 0.05) is 24.2 Å². The number of ketones is 1. The van der Waals surface area contributed by atoms with Crippen LogP contribution < -0.4 is 4.90 Å². The van der Waals surface area contributed by atoms with Crippen LogP contribution >= 0.6 is 11.6 Å². The van der Waals surface area contributed by atoms with Gasteiger partial charge >= 0.3 is 5.97 Å². The fourth-order valence-electron chi connectivity index (χ4n) is 3.58. The number of rotatable bonds is 6. The standard InChI is InChI=1S/C25H19ClFNO4/c26-21-13-20(10-11-22(21)27)28-14-19(12-24(28)30)25(31)32-15-23(29)18-8-6-17(7-9-18)16-4-2-1-3-5-16/h1-11,13,19H,12,14-15H2/t19-/m0/s1. The molecule has 0 radical (unpaired) electrons. The summed E-state index contributed by atoms with van der Waals surface area (Å²) in [7, 11) is 0. The van der Waals surface area contributed by atoms with Gasteiger partial charge < -0.3 is 9.64 Å². The van der Waals surface area contributed by atoms with Crippen LogP contribution in [0.4, 0.5) is 10.1 Å². The average molecular weight is 452 g/mol. The van der Waals surface area contributed by atoms with Gasteiger partial charge in [0.1, 0.15) is 5.82 Å². The topological polar surface area (TPSA) is 63.7 Å². The number of carbonyl (C=O) groups excluding carboxylic acids is 3. The summed E-state index contributed by atoms with van der Waals surface area (Å²) < 4.78 is 18.5. The first-order chi connectivity index (χ1) is 15.4. The SMILES string of the molecule is O=C(COC(=O)[C@H]1CC(=O)N(c2ccc(F)c(Cl)c2)C1)c1ccc(-c2ccccc2)cc1. The Morgan fingerprint density at radius 3 is 2.38 bits per heavy atom. The van der Waals surface area contributed by atoms with E-state index in [4.69, 9.17) is 16.3 Å². The van der Waals surface area contributed by atoms with Gasteiger partial charge in [-0.3, -0.25) is 14.4 Å². The van der Waals surface area contributed by atoms with E-state index in [9.17, 15) is 18.8 Å². The number of ether oxygens (including phenoxy) is 1. The Labute approximate surface area is 189 Å². The average Bonchev–Trinajstić information content (AvgIpc) is 3.21. The molecule has 0 bridgehead atoms. The van der Waals surface area contributed by atoms with E-state index in [1.54, 1.807) is 12.1 Å². The third-order valence-corrected chi connectivity index (χ3v) is 5.62.